The van der Waals surface area contributed by atoms with Gasteiger partial charge in [0.05, 0.1) is 22.2 Å². The zero-order chi connectivity index (χ0) is 13.8. The van der Waals surface area contributed by atoms with E-state index in [1.807, 2.05) is 6.07 Å². The molecule has 0 bridgehead atoms. The summed E-state index contributed by atoms with van der Waals surface area (Å²) in [5.41, 5.74) is 1.93. The second-order valence-corrected chi connectivity index (χ2v) is 4.76. The molecule has 3 nitrogen and oxygen atoms in total. The van der Waals surface area contributed by atoms with Gasteiger partial charge in [-0.2, -0.15) is 0 Å². The maximum atomic E-state index is 10.8. The monoisotopic (exact) mass is 383 g/mol. The van der Waals surface area contributed by atoms with Crippen molar-refractivity contribution < 1.29 is 9.90 Å². The third kappa shape index (κ3) is 4.65. The number of hydrogen-bond acceptors (Lipinski definition) is 2. The molecule has 2 N–H and O–H groups in total. The Morgan fingerprint density at radius 3 is 2.25 bits per heavy atom. The van der Waals surface area contributed by atoms with Crippen molar-refractivity contribution in [3.8, 4) is 0 Å². The Morgan fingerprint density at radius 1 is 1.05 bits per heavy atom. The topological polar surface area (TPSA) is 49.3 Å². The van der Waals surface area contributed by atoms with E-state index in [0.29, 0.717) is 27.0 Å². The van der Waals surface area contributed by atoms with Crippen LogP contribution in [0.3, 0.4) is 0 Å². The summed E-state index contributed by atoms with van der Waals surface area (Å²) < 4.78 is 0. The Hall–Kier alpha value is -0.229. The summed E-state index contributed by atoms with van der Waals surface area (Å²) in [6, 6.07) is 12.3. The first-order valence-electron chi connectivity index (χ1n) is 5.58. The van der Waals surface area contributed by atoms with Gasteiger partial charge in [-0.05, 0) is 23.8 Å². The van der Waals surface area contributed by atoms with E-state index in [-0.39, 0.29) is 51.9 Å². The van der Waals surface area contributed by atoms with E-state index in [4.69, 9.17) is 28.3 Å². The number of para-hydroxylation sites is 2. The summed E-state index contributed by atoms with van der Waals surface area (Å²) in [6.07, 6.45) is -0.0642. The van der Waals surface area contributed by atoms with Gasteiger partial charge in [0.2, 0.25) is 0 Å². The third-order valence-corrected chi connectivity index (χ3v) is 3.21. The van der Waals surface area contributed by atoms with E-state index in [0.717, 1.165) is 0 Å². The maximum Gasteiger partial charge on any atom is 0.307 e. The molecule has 2 aromatic carbocycles. The summed E-state index contributed by atoms with van der Waals surface area (Å²) in [5, 5.41) is 12.9. The normalized spacial score (nSPS) is 9.70. The van der Waals surface area contributed by atoms with Gasteiger partial charge in [-0.15, -0.1) is 0 Å². The number of benzene rings is 2. The fraction of sp³-hybridized carbons (Fsp3) is 0.0714. The number of carboxylic acids is 1. The van der Waals surface area contributed by atoms with Crippen molar-refractivity contribution >= 4 is 86.0 Å². The molecule has 0 atom stereocenters. The van der Waals surface area contributed by atoms with Gasteiger partial charge in [0.25, 0.3) is 0 Å². The Morgan fingerprint density at radius 2 is 1.65 bits per heavy atom. The zero-order valence-electron chi connectivity index (χ0n) is 10.6. The van der Waals surface area contributed by atoms with Gasteiger partial charge >= 0.3 is 5.97 Å². The largest absolute Gasteiger partial charge is 0.481 e. The Labute approximate surface area is 164 Å². The predicted molar refractivity (Wildman–Crippen MR) is 83.3 cm³/mol. The standard InChI is InChI=1S/C14H11Cl2NO2.Sr/c15-10-5-3-6-11(16)14(10)17-12-7-2-1-4-9(12)8-13(18)19;/h1-7,17H,8H2,(H,18,19);. The van der Waals surface area contributed by atoms with Crippen LogP contribution in [0.1, 0.15) is 5.56 Å². The van der Waals surface area contributed by atoms with E-state index in [2.05, 4.69) is 5.32 Å². The number of carbonyl (C=O) groups is 1. The summed E-state index contributed by atoms with van der Waals surface area (Å²) in [4.78, 5) is 10.8. The molecule has 0 unspecified atom stereocenters. The average Bonchev–Trinajstić information content (AvgIpc) is 2.35. The summed E-state index contributed by atoms with van der Waals surface area (Å²) in [6.45, 7) is 0. The van der Waals surface area contributed by atoms with Gasteiger partial charge in [0, 0.05) is 51.2 Å². The molecule has 0 saturated heterocycles. The van der Waals surface area contributed by atoms with Crippen molar-refractivity contribution in [3.05, 3.63) is 58.1 Å². The number of aliphatic carboxylic acids is 1. The van der Waals surface area contributed by atoms with E-state index in [1.54, 1.807) is 36.4 Å². The van der Waals surface area contributed by atoms with E-state index >= 15 is 0 Å². The van der Waals surface area contributed by atoms with Crippen molar-refractivity contribution in [2.24, 2.45) is 0 Å². The number of halogens is 2. The minimum atomic E-state index is -0.889. The average molecular weight is 384 g/mol. The van der Waals surface area contributed by atoms with Crippen molar-refractivity contribution in [2.75, 3.05) is 5.32 Å². The molecule has 0 aliphatic heterocycles. The fourth-order valence-corrected chi connectivity index (χ4v) is 2.20. The van der Waals surface area contributed by atoms with Crippen molar-refractivity contribution in [3.63, 3.8) is 0 Å². The molecule has 2 radical (unpaired) electrons. The van der Waals surface area contributed by atoms with Crippen LogP contribution in [0.2, 0.25) is 10.0 Å². The Balaban J connectivity index is 0.00000200. The Bertz CT molecular complexity index is 600. The number of carboxylic acid groups (broad SMARTS) is 1. The number of rotatable bonds is 4. The molecule has 20 heavy (non-hydrogen) atoms. The van der Waals surface area contributed by atoms with Gasteiger partial charge in [0.15, 0.2) is 0 Å². The van der Waals surface area contributed by atoms with Crippen LogP contribution in [-0.4, -0.2) is 56.6 Å². The third-order valence-electron chi connectivity index (χ3n) is 2.58. The first kappa shape index (κ1) is 17.8. The van der Waals surface area contributed by atoms with Crippen LogP contribution in [0.25, 0.3) is 0 Å². The second kappa shape index (κ2) is 8.27. The van der Waals surface area contributed by atoms with Gasteiger partial charge in [-0.3, -0.25) is 4.79 Å². The molecule has 0 amide bonds. The molecule has 0 aliphatic carbocycles. The van der Waals surface area contributed by atoms with Crippen molar-refractivity contribution in [1.82, 2.24) is 0 Å². The van der Waals surface area contributed by atoms with Crippen LogP contribution in [0.5, 0.6) is 0 Å². The molecule has 0 heterocycles. The second-order valence-electron chi connectivity index (χ2n) is 3.95. The number of anilines is 2. The fourth-order valence-electron chi connectivity index (χ4n) is 1.71. The van der Waals surface area contributed by atoms with Crippen LogP contribution in [0, 0.1) is 0 Å². The minimum absolute atomic E-state index is 0. The van der Waals surface area contributed by atoms with E-state index in [1.165, 1.54) is 0 Å². The first-order valence-corrected chi connectivity index (χ1v) is 6.34. The quantitative estimate of drug-likeness (QED) is 0.785. The smallest absolute Gasteiger partial charge is 0.307 e. The molecule has 2 rings (SSSR count). The van der Waals surface area contributed by atoms with Crippen LogP contribution in [0.4, 0.5) is 11.4 Å². The minimum Gasteiger partial charge on any atom is -0.481 e. The molecule has 0 aliphatic rings. The summed E-state index contributed by atoms with van der Waals surface area (Å²) in [7, 11) is 0. The molecule has 0 fully saturated rings. The molecular formula is C14H11Cl2NO2Sr. The summed E-state index contributed by atoms with van der Waals surface area (Å²) in [5.74, 6) is -0.889. The van der Waals surface area contributed by atoms with E-state index < -0.39 is 5.97 Å². The number of hydrogen-bond donors (Lipinski definition) is 2. The van der Waals surface area contributed by atoms with Crippen LogP contribution >= 0.6 is 23.2 Å². The molecule has 0 saturated carbocycles. The van der Waals surface area contributed by atoms with Crippen molar-refractivity contribution in [1.29, 1.82) is 0 Å². The zero-order valence-corrected chi connectivity index (χ0v) is 15.6. The van der Waals surface area contributed by atoms with E-state index in [9.17, 15) is 4.79 Å². The van der Waals surface area contributed by atoms with Gasteiger partial charge < -0.3 is 10.4 Å². The van der Waals surface area contributed by atoms with Gasteiger partial charge in [-0.1, -0.05) is 47.5 Å². The predicted octanol–water partition coefficient (Wildman–Crippen LogP) is 3.98. The number of nitrogens with one attached hydrogen (secondary N) is 1. The van der Waals surface area contributed by atoms with Gasteiger partial charge in [-0.25, -0.2) is 0 Å². The molecule has 0 aromatic heterocycles. The molecule has 0 spiro atoms. The Kier molecular flexibility index (Phi) is 7.37. The van der Waals surface area contributed by atoms with Crippen LogP contribution in [-0.2, 0) is 11.2 Å². The molecular weight excluding hydrogens is 373 g/mol. The van der Waals surface area contributed by atoms with Crippen LogP contribution < -0.4 is 5.32 Å². The molecule has 6 heteroatoms. The summed E-state index contributed by atoms with van der Waals surface area (Å²) >= 11 is 12.1. The maximum absolute atomic E-state index is 10.8. The first-order chi connectivity index (χ1) is 9.08. The van der Waals surface area contributed by atoms with Gasteiger partial charge in [0.1, 0.15) is 0 Å². The van der Waals surface area contributed by atoms with Crippen LogP contribution in [0.15, 0.2) is 42.5 Å². The SMILES string of the molecule is O=C(O)Cc1ccccc1Nc1c(Cl)cccc1Cl.[Sr]. The molecule has 2 aromatic rings. The molecule has 100 valence electrons. The van der Waals surface area contributed by atoms with Crippen molar-refractivity contribution in [2.45, 2.75) is 6.42 Å².